The molecule has 0 saturated heterocycles. The minimum absolute atomic E-state index is 0. The van der Waals surface area contributed by atoms with E-state index in [1.165, 1.54) is 24.3 Å². The summed E-state index contributed by atoms with van der Waals surface area (Å²) in [5.41, 5.74) is 0.479. The SMILES string of the molecule is O=C(Nc1ccccn1)c1cccc(C(=O)Nc2ccccn2)n1.O=C(Nc1ccccn1)c1cccc(C(=O)Nc2ccccn2)n1.[Co+3]. The molecule has 0 unspecified atom stereocenters. The molecule has 0 spiro atoms. The van der Waals surface area contributed by atoms with E-state index in [-0.39, 0.29) is 39.6 Å². The molecule has 15 heteroatoms. The molecule has 49 heavy (non-hydrogen) atoms. The van der Waals surface area contributed by atoms with Gasteiger partial charge < -0.3 is 21.3 Å². The van der Waals surface area contributed by atoms with Crippen LogP contribution >= 0.6 is 0 Å². The molecule has 0 bridgehead atoms. The number of carbonyl (C=O) groups excluding carboxylic acids is 4. The van der Waals surface area contributed by atoms with Crippen LogP contribution in [0.5, 0.6) is 0 Å². The average molecular weight is 698 g/mol. The van der Waals surface area contributed by atoms with Gasteiger partial charge in [-0.25, -0.2) is 29.9 Å². The molecule has 0 aliphatic carbocycles. The third kappa shape index (κ3) is 10.7. The van der Waals surface area contributed by atoms with Gasteiger partial charge in [0.1, 0.15) is 46.0 Å². The number of pyridine rings is 6. The fourth-order valence-electron chi connectivity index (χ4n) is 3.84. The molecule has 6 aromatic rings. The van der Waals surface area contributed by atoms with Crippen LogP contribution in [0, 0.1) is 0 Å². The molecule has 0 saturated carbocycles. The Morgan fingerprint density at radius 1 is 0.347 bits per heavy atom. The molecular weight excluding hydrogens is 671 g/mol. The first-order valence-electron chi connectivity index (χ1n) is 14.3. The van der Waals surface area contributed by atoms with Crippen LogP contribution < -0.4 is 21.3 Å². The molecule has 6 rings (SSSR count). The zero-order chi connectivity index (χ0) is 33.6. The first-order chi connectivity index (χ1) is 23.4. The molecule has 6 aromatic heterocycles. The topological polar surface area (TPSA) is 194 Å². The summed E-state index contributed by atoms with van der Waals surface area (Å²) < 4.78 is 0. The average Bonchev–Trinajstić information content (AvgIpc) is 3.13. The predicted molar refractivity (Wildman–Crippen MR) is 177 cm³/mol. The van der Waals surface area contributed by atoms with E-state index in [2.05, 4.69) is 51.2 Å². The van der Waals surface area contributed by atoms with Crippen molar-refractivity contribution in [2.75, 3.05) is 21.3 Å². The second-order valence-corrected chi connectivity index (χ2v) is 9.49. The van der Waals surface area contributed by atoms with Gasteiger partial charge in [0, 0.05) is 24.8 Å². The Kier molecular flexibility index (Phi) is 12.8. The molecular formula is C34H26CoN10O4+3. The maximum Gasteiger partial charge on any atom is 3.00 e. The standard InChI is InChI=1S/2C17H13N5O2.Co/c2*23-16(21-14-8-1-3-10-18-14)12-6-5-7-13(20-12)17(24)22-15-9-2-4-11-19-15;/h2*1-11H,(H,18,21,23)(H,19,22,24);/q;;+3. The molecule has 6 heterocycles. The second-order valence-electron chi connectivity index (χ2n) is 9.49. The monoisotopic (exact) mass is 697 g/mol. The molecule has 0 aliphatic heterocycles. The van der Waals surface area contributed by atoms with E-state index in [0.29, 0.717) is 23.3 Å². The van der Waals surface area contributed by atoms with E-state index >= 15 is 0 Å². The fraction of sp³-hybridized carbons (Fsp3) is 0. The normalized spacial score (nSPS) is 9.80. The minimum Gasteiger partial charge on any atom is -0.305 e. The summed E-state index contributed by atoms with van der Waals surface area (Å²) >= 11 is 0. The van der Waals surface area contributed by atoms with Crippen molar-refractivity contribution in [2.45, 2.75) is 0 Å². The van der Waals surface area contributed by atoms with Crippen LogP contribution in [0.15, 0.2) is 134 Å². The van der Waals surface area contributed by atoms with Gasteiger partial charge in [0.2, 0.25) is 0 Å². The smallest absolute Gasteiger partial charge is 0.305 e. The first-order valence-corrected chi connectivity index (χ1v) is 14.3. The number of hydrogen-bond donors (Lipinski definition) is 4. The summed E-state index contributed by atoms with van der Waals surface area (Å²) in [5, 5.41) is 10.5. The number of nitrogens with one attached hydrogen (secondary N) is 4. The van der Waals surface area contributed by atoms with Crippen molar-refractivity contribution < 1.29 is 36.0 Å². The molecule has 0 aromatic carbocycles. The van der Waals surface area contributed by atoms with Crippen molar-refractivity contribution in [3.8, 4) is 0 Å². The maximum absolute atomic E-state index is 12.2. The van der Waals surface area contributed by atoms with Crippen LogP contribution in [-0.4, -0.2) is 53.5 Å². The molecule has 4 N–H and O–H groups in total. The van der Waals surface area contributed by atoms with Crippen LogP contribution in [0.4, 0.5) is 23.3 Å². The molecule has 242 valence electrons. The largest absolute Gasteiger partial charge is 3.00 e. The van der Waals surface area contributed by atoms with Crippen molar-refractivity contribution in [3.63, 3.8) is 0 Å². The Labute approximate surface area is 290 Å². The summed E-state index contributed by atoms with van der Waals surface area (Å²) in [5.74, 6) is -0.134. The van der Waals surface area contributed by atoms with Crippen molar-refractivity contribution >= 4 is 46.9 Å². The van der Waals surface area contributed by atoms with Crippen molar-refractivity contribution in [3.05, 3.63) is 157 Å². The van der Waals surface area contributed by atoms with E-state index < -0.39 is 23.6 Å². The number of rotatable bonds is 8. The third-order valence-corrected chi connectivity index (χ3v) is 6.05. The minimum atomic E-state index is -0.443. The van der Waals surface area contributed by atoms with Gasteiger partial charge in [-0.15, -0.1) is 0 Å². The first kappa shape index (κ1) is 35.1. The van der Waals surface area contributed by atoms with Gasteiger partial charge >= 0.3 is 16.8 Å². The van der Waals surface area contributed by atoms with Crippen molar-refractivity contribution in [2.24, 2.45) is 0 Å². The van der Waals surface area contributed by atoms with Gasteiger partial charge in [-0.05, 0) is 72.8 Å². The zero-order valence-electron chi connectivity index (χ0n) is 25.4. The molecule has 0 radical (unpaired) electrons. The number of nitrogens with zero attached hydrogens (tertiary/aromatic N) is 6. The van der Waals surface area contributed by atoms with Crippen LogP contribution in [0.1, 0.15) is 42.0 Å². The van der Waals surface area contributed by atoms with Gasteiger partial charge in [0.15, 0.2) is 0 Å². The number of hydrogen-bond acceptors (Lipinski definition) is 10. The molecule has 0 fully saturated rings. The number of carbonyl (C=O) groups is 4. The summed E-state index contributed by atoms with van der Waals surface area (Å²) in [6.45, 7) is 0. The Balaban J connectivity index is 0.000000216. The van der Waals surface area contributed by atoms with Gasteiger partial charge in [0.05, 0.1) is 0 Å². The summed E-state index contributed by atoms with van der Waals surface area (Å²) in [6.07, 6.45) is 6.28. The number of amides is 4. The Morgan fingerprint density at radius 3 is 0.796 bits per heavy atom. The van der Waals surface area contributed by atoms with Crippen LogP contribution in [-0.2, 0) is 16.8 Å². The van der Waals surface area contributed by atoms with E-state index in [0.717, 1.165) is 0 Å². The summed E-state index contributed by atoms with van der Waals surface area (Å²) in [4.78, 5) is 73.0. The van der Waals surface area contributed by atoms with Crippen LogP contribution in [0.3, 0.4) is 0 Å². The van der Waals surface area contributed by atoms with Crippen LogP contribution in [0.25, 0.3) is 0 Å². The number of anilines is 4. The fourth-order valence-corrected chi connectivity index (χ4v) is 3.84. The molecule has 14 nitrogen and oxygen atoms in total. The summed E-state index contributed by atoms with van der Waals surface area (Å²) in [7, 11) is 0. The van der Waals surface area contributed by atoms with Gasteiger partial charge in [0.25, 0.3) is 23.6 Å². The number of aromatic nitrogens is 6. The Bertz CT molecular complexity index is 1720. The Hall–Kier alpha value is -6.71. The van der Waals surface area contributed by atoms with Gasteiger partial charge in [-0.1, -0.05) is 36.4 Å². The van der Waals surface area contributed by atoms with E-state index in [1.54, 1.807) is 110 Å². The molecule has 0 aliphatic rings. The predicted octanol–water partition coefficient (Wildman–Crippen LogP) is 4.75. The van der Waals surface area contributed by atoms with E-state index in [1.807, 2.05) is 0 Å². The molecule has 4 amide bonds. The van der Waals surface area contributed by atoms with Gasteiger partial charge in [-0.3, -0.25) is 19.2 Å². The quantitative estimate of drug-likeness (QED) is 0.172. The van der Waals surface area contributed by atoms with Crippen LogP contribution in [0.2, 0.25) is 0 Å². The Morgan fingerprint density at radius 2 is 0.592 bits per heavy atom. The van der Waals surface area contributed by atoms with E-state index in [9.17, 15) is 19.2 Å². The maximum atomic E-state index is 12.2. The summed E-state index contributed by atoms with van der Waals surface area (Å²) in [6, 6.07) is 29.9. The van der Waals surface area contributed by atoms with Gasteiger partial charge in [-0.2, -0.15) is 0 Å². The van der Waals surface area contributed by atoms with Crippen molar-refractivity contribution in [1.82, 2.24) is 29.9 Å². The second kappa shape index (κ2) is 17.8. The zero-order valence-corrected chi connectivity index (χ0v) is 26.4. The van der Waals surface area contributed by atoms with E-state index in [4.69, 9.17) is 0 Å². The molecule has 0 atom stereocenters. The third-order valence-electron chi connectivity index (χ3n) is 6.05. The van der Waals surface area contributed by atoms with Crippen molar-refractivity contribution in [1.29, 1.82) is 0 Å².